The van der Waals surface area contributed by atoms with E-state index in [0.29, 0.717) is 10.7 Å². The number of nitrogens with two attached hydrogens (primary N) is 1. The Bertz CT molecular complexity index is 604. The number of carboxylic acid groups (broad SMARTS) is 1. The molecule has 0 amide bonds. The zero-order chi connectivity index (χ0) is 13.1. The van der Waals surface area contributed by atoms with Crippen LogP contribution in [0.4, 0.5) is 5.69 Å². The van der Waals surface area contributed by atoms with E-state index in [0.717, 1.165) is 9.37 Å². The van der Waals surface area contributed by atoms with Crippen molar-refractivity contribution in [3.63, 3.8) is 0 Å². The first kappa shape index (κ1) is 12.9. The van der Waals surface area contributed by atoms with Crippen LogP contribution in [-0.2, 0) is 0 Å². The Labute approximate surface area is 116 Å². The van der Waals surface area contributed by atoms with Crippen LogP contribution in [0.5, 0.6) is 0 Å². The first-order valence-electron chi connectivity index (χ1n) is 4.98. The van der Waals surface area contributed by atoms with Gasteiger partial charge in [-0.15, -0.1) is 0 Å². The van der Waals surface area contributed by atoms with Gasteiger partial charge in [-0.2, -0.15) is 0 Å². The molecule has 0 spiro atoms. The molecule has 4 nitrogen and oxygen atoms in total. The van der Waals surface area contributed by atoms with Crippen molar-refractivity contribution in [3.8, 4) is 0 Å². The molecule has 92 valence electrons. The Hall–Kier alpha value is -1.53. The maximum atomic E-state index is 11.1. The molecule has 0 saturated heterocycles. The third-order valence-corrected chi connectivity index (χ3v) is 3.61. The number of hydrogen-bond donors (Lipinski definition) is 2. The van der Waals surface area contributed by atoms with E-state index in [4.69, 9.17) is 10.8 Å². The summed E-state index contributed by atoms with van der Waals surface area (Å²) in [5.74, 6) is -1.03. The number of anilines is 1. The van der Waals surface area contributed by atoms with Crippen molar-refractivity contribution in [2.45, 2.75) is 9.92 Å². The van der Waals surface area contributed by atoms with Gasteiger partial charge < -0.3 is 10.8 Å². The molecule has 18 heavy (non-hydrogen) atoms. The van der Waals surface area contributed by atoms with Crippen LogP contribution in [0.15, 0.2) is 50.9 Å². The van der Waals surface area contributed by atoms with Gasteiger partial charge in [0.1, 0.15) is 5.03 Å². The van der Waals surface area contributed by atoms with E-state index in [1.54, 1.807) is 0 Å². The molecule has 0 bridgehead atoms. The second-order valence-corrected chi connectivity index (χ2v) is 5.46. The molecule has 0 aliphatic heterocycles. The lowest BCUT2D eigenvalue weighted by Crippen LogP contribution is -2.02. The third-order valence-electron chi connectivity index (χ3n) is 2.11. The van der Waals surface area contributed by atoms with E-state index in [1.807, 2.05) is 24.3 Å². The molecular weight excluding hydrogens is 316 g/mol. The molecule has 3 N–H and O–H groups in total. The van der Waals surface area contributed by atoms with Crippen LogP contribution < -0.4 is 5.73 Å². The van der Waals surface area contributed by atoms with E-state index in [-0.39, 0.29) is 5.56 Å². The van der Waals surface area contributed by atoms with E-state index in [2.05, 4.69) is 20.9 Å². The molecule has 1 heterocycles. The lowest BCUT2D eigenvalue weighted by molar-refractivity contribution is 0.0692. The topological polar surface area (TPSA) is 76.2 Å². The number of carboxylic acids is 1. The van der Waals surface area contributed by atoms with Crippen LogP contribution in [0.25, 0.3) is 0 Å². The van der Waals surface area contributed by atoms with Crippen LogP contribution in [0, 0.1) is 0 Å². The second kappa shape index (κ2) is 5.41. The standard InChI is InChI=1S/C12H9BrN2O2S/c13-7-2-1-3-9(4-7)18-11-10(12(16)17)5-8(14)6-15-11/h1-6H,14H2,(H,16,17). The monoisotopic (exact) mass is 324 g/mol. The summed E-state index contributed by atoms with van der Waals surface area (Å²) in [7, 11) is 0. The fraction of sp³-hybridized carbons (Fsp3) is 0. The van der Waals surface area contributed by atoms with Crippen molar-refractivity contribution in [1.29, 1.82) is 0 Å². The molecule has 1 aromatic heterocycles. The molecule has 0 atom stereocenters. The molecule has 2 rings (SSSR count). The number of aromatic nitrogens is 1. The van der Waals surface area contributed by atoms with Gasteiger partial charge in [-0.1, -0.05) is 33.8 Å². The van der Waals surface area contributed by atoms with E-state index < -0.39 is 5.97 Å². The van der Waals surface area contributed by atoms with Gasteiger partial charge in [0.25, 0.3) is 0 Å². The average molecular weight is 325 g/mol. The van der Waals surface area contributed by atoms with E-state index >= 15 is 0 Å². The summed E-state index contributed by atoms with van der Waals surface area (Å²) in [5, 5.41) is 9.53. The number of benzene rings is 1. The minimum atomic E-state index is -1.03. The van der Waals surface area contributed by atoms with Crippen LogP contribution in [0.3, 0.4) is 0 Å². The fourth-order valence-electron chi connectivity index (χ4n) is 1.35. The Morgan fingerprint density at radius 1 is 1.39 bits per heavy atom. The Morgan fingerprint density at radius 3 is 2.83 bits per heavy atom. The van der Waals surface area contributed by atoms with Gasteiger partial charge in [0.15, 0.2) is 0 Å². The summed E-state index contributed by atoms with van der Waals surface area (Å²) in [5.41, 5.74) is 5.99. The lowest BCUT2D eigenvalue weighted by Gasteiger charge is -2.06. The van der Waals surface area contributed by atoms with Crippen LogP contribution in [0.2, 0.25) is 0 Å². The largest absolute Gasteiger partial charge is 0.478 e. The first-order valence-corrected chi connectivity index (χ1v) is 6.59. The molecule has 0 saturated carbocycles. The number of pyridine rings is 1. The number of carbonyl (C=O) groups is 1. The summed E-state index contributed by atoms with van der Waals surface area (Å²) < 4.78 is 0.930. The highest BCUT2D eigenvalue weighted by molar-refractivity contribution is 9.10. The predicted molar refractivity (Wildman–Crippen MR) is 73.9 cm³/mol. The third kappa shape index (κ3) is 3.02. The van der Waals surface area contributed by atoms with Gasteiger partial charge in [-0.25, -0.2) is 9.78 Å². The molecule has 0 aliphatic carbocycles. The first-order chi connectivity index (χ1) is 8.56. The lowest BCUT2D eigenvalue weighted by atomic mass is 10.3. The molecule has 0 radical (unpaired) electrons. The molecular formula is C12H9BrN2O2S. The summed E-state index contributed by atoms with van der Waals surface area (Å²) in [6.07, 6.45) is 1.45. The van der Waals surface area contributed by atoms with Crippen molar-refractivity contribution >= 4 is 39.3 Å². The zero-order valence-electron chi connectivity index (χ0n) is 9.13. The van der Waals surface area contributed by atoms with Crippen LogP contribution in [0.1, 0.15) is 10.4 Å². The highest BCUT2D eigenvalue weighted by Crippen LogP contribution is 2.31. The normalized spacial score (nSPS) is 10.3. The number of halogens is 1. The molecule has 2 aromatic rings. The van der Waals surface area contributed by atoms with Crippen molar-refractivity contribution in [2.24, 2.45) is 0 Å². The number of hydrogen-bond acceptors (Lipinski definition) is 4. The number of nitrogen functional groups attached to an aromatic ring is 1. The smallest absolute Gasteiger partial charge is 0.338 e. The molecule has 1 aromatic carbocycles. The Balaban J connectivity index is 2.37. The maximum absolute atomic E-state index is 11.1. The van der Waals surface area contributed by atoms with Crippen molar-refractivity contribution < 1.29 is 9.90 Å². The molecule has 0 unspecified atom stereocenters. The average Bonchev–Trinajstić information content (AvgIpc) is 2.31. The summed E-state index contributed by atoms with van der Waals surface area (Å²) in [6, 6.07) is 8.98. The maximum Gasteiger partial charge on any atom is 0.338 e. The van der Waals surface area contributed by atoms with Crippen molar-refractivity contribution in [1.82, 2.24) is 4.98 Å². The van der Waals surface area contributed by atoms with Crippen LogP contribution in [-0.4, -0.2) is 16.1 Å². The molecule has 0 fully saturated rings. The minimum absolute atomic E-state index is 0.111. The van der Waals surface area contributed by atoms with Gasteiger partial charge in [0, 0.05) is 9.37 Å². The van der Waals surface area contributed by atoms with Crippen molar-refractivity contribution in [3.05, 3.63) is 46.6 Å². The highest BCUT2D eigenvalue weighted by Gasteiger charge is 2.13. The Kier molecular flexibility index (Phi) is 3.88. The Morgan fingerprint density at radius 2 is 2.17 bits per heavy atom. The fourth-order valence-corrected chi connectivity index (χ4v) is 2.81. The number of nitrogens with zero attached hydrogens (tertiary/aromatic N) is 1. The predicted octanol–water partition coefficient (Wildman–Crippen LogP) is 3.28. The summed E-state index contributed by atoms with van der Waals surface area (Å²) in [4.78, 5) is 16.1. The van der Waals surface area contributed by atoms with Gasteiger partial charge in [0.2, 0.25) is 0 Å². The van der Waals surface area contributed by atoms with E-state index in [9.17, 15) is 4.79 Å². The van der Waals surface area contributed by atoms with Crippen LogP contribution >= 0.6 is 27.7 Å². The molecule has 0 aliphatic rings. The molecule has 6 heteroatoms. The minimum Gasteiger partial charge on any atom is -0.478 e. The van der Waals surface area contributed by atoms with Gasteiger partial charge in [-0.3, -0.25) is 0 Å². The number of aromatic carboxylic acids is 1. The SMILES string of the molecule is Nc1cnc(Sc2cccc(Br)c2)c(C(=O)O)c1. The quantitative estimate of drug-likeness (QED) is 0.906. The van der Waals surface area contributed by atoms with E-state index in [1.165, 1.54) is 24.0 Å². The van der Waals surface area contributed by atoms with Gasteiger partial charge >= 0.3 is 5.97 Å². The zero-order valence-corrected chi connectivity index (χ0v) is 11.5. The highest BCUT2D eigenvalue weighted by atomic mass is 79.9. The van der Waals surface area contributed by atoms with Gasteiger partial charge in [-0.05, 0) is 24.3 Å². The second-order valence-electron chi connectivity index (χ2n) is 3.49. The van der Waals surface area contributed by atoms with Gasteiger partial charge in [0.05, 0.1) is 17.4 Å². The number of rotatable bonds is 3. The summed E-state index contributed by atoms with van der Waals surface area (Å²) >= 11 is 4.65. The van der Waals surface area contributed by atoms with Crippen molar-refractivity contribution in [2.75, 3.05) is 5.73 Å². The summed E-state index contributed by atoms with van der Waals surface area (Å²) in [6.45, 7) is 0.